The van der Waals surface area contributed by atoms with Gasteiger partial charge in [-0.3, -0.25) is 4.79 Å². The number of carbonyl (C=O) groups excluding carboxylic acids is 1. The Labute approximate surface area is 115 Å². The number of amidine groups is 1. The van der Waals surface area contributed by atoms with E-state index in [2.05, 4.69) is 15.3 Å². The Hall–Kier alpha value is -1.59. The second-order valence-corrected chi connectivity index (χ2v) is 4.45. The lowest BCUT2D eigenvalue weighted by molar-refractivity contribution is -0.114. The average molecular weight is 280 g/mol. The third kappa shape index (κ3) is 3.21. The van der Waals surface area contributed by atoms with Crippen LogP contribution in [0.1, 0.15) is 5.56 Å². The Bertz CT molecular complexity index is 554. The molecule has 4 nitrogen and oxygen atoms in total. The molecule has 18 heavy (non-hydrogen) atoms. The number of aliphatic imine (C=N–C) groups is 2. The van der Waals surface area contributed by atoms with Gasteiger partial charge in [-0.05, 0) is 18.1 Å². The fraction of sp³-hybridized carbons (Fsp3) is 0.167. The van der Waals surface area contributed by atoms with Gasteiger partial charge in [0.2, 0.25) is 5.84 Å². The van der Waals surface area contributed by atoms with Crippen molar-refractivity contribution in [1.29, 1.82) is 0 Å². The van der Waals surface area contributed by atoms with Crippen LogP contribution in [0.5, 0.6) is 0 Å². The predicted octanol–water partition coefficient (Wildman–Crippen LogP) is 1.81. The van der Waals surface area contributed by atoms with Gasteiger partial charge >= 0.3 is 0 Å². The van der Waals surface area contributed by atoms with Crippen molar-refractivity contribution in [2.24, 2.45) is 9.98 Å². The van der Waals surface area contributed by atoms with Crippen LogP contribution in [0.15, 0.2) is 34.3 Å². The van der Waals surface area contributed by atoms with Crippen molar-refractivity contribution in [3.8, 4) is 0 Å². The lowest BCUT2D eigenvalue weighted by atomic mass is 10.1. The molecule has 0 spiro atoms. The summed E-state index contributed by atoms with van der Waals surface area (Å²) in [5.74, 6) is -0.211. The van der Waals surface area contributed by atoms with Gasteiger partial charge in [-0.25, -0.2) is 9.98 Å². The summed E-state index contributed by atoms with van der Waals surface area (Å²) in [5, 5.41) is 3.42. The van der Waals surface area contributed by atoms with Gasteiger partial charge < -0.3 is 5.32 Å². The molecule has 1 amide bonds. The minimum Gasteiger partial charge on any atom is -0.349 e. The molecule has 92 valence electrons. The van der Waals surface area contributed by atoms with Gasteiger partial charge in [0, 0.05) is 11.6 Å². The van der Waals surface area contributed by atoms with E-state index in [1.165, 1.54) is 6.21 Å². The Morgan fingerprint density at radius 3 is 2.83 bits per heavy atom. The van der Waals surface area contributed by atoms with Gasteiger partial charge in [0.1, 0.15) is 4.99 Å². The Morgan fingerprint density at radius 2 is 2.17 bits per heavy atom. The molecule has 1 aromatic rings. The van der Waals surface area contributed by atoms with E-state index in [0.717, 1.165) is 5.56 Å². The van der Waals surface area contributed by atoms with E-state index < -0.39 is 0 Å². The molecule has 0 atom stereocenters. The third-order valence-corrected chi connectivity index (χ3v) is 2.92. The summed E-state index contributed by atoms with van der Waals surface area (Å²) >= 11 is 10.8. The maximum atomic E-state index is 11.6. The molecule has 1 aliphatic rings. The highest BCUT2D eigenvalue weighted by molar-refractivity contribution is 7.81. The molecule has 0 aromatic heterocycles. The fourth-order valence-corrected chi connectivity index (χ4v) is 1.85. The van der Waals surface area contributed by atoms with Crippen LogP contribution < -0.4 is 5.32 Å². The number of hydrogen-bond acceptors (Lipinski definition) is 3. The molecule has 0 saturated heterocycles. The van der Waals surface area contributed by atoms with Crippen molar-refractivity contribution in [3.63, 3.8) is 0 Å². The highest BCUT2D eigenvalue weighted by Crippen LogP contribution is 2.14. The summed E-state index contributed by atoms with van der Waals surface area (Å²) in [7, 11) is 0. The first-order valence-corrected chi connectivity index (χ1v) is 6.14. The average Bonchev–Trinajstić information content (AvgIpc) is 2.78. The van der Waals surface area contributed by atoms with Crippen LogP contribution >= 0.6 is 23.8 Å². The molecule has 1 aliphatic heterocycles. The second kappa shape index (κ2) is 5.84. The highest BCUT2D eigenvalue weighted by Gasteiger charge is 2.14. The maximum absolute atomic E-state index is 11.6. The topological polar surface area (TPSA) is 53.8 Å². The summed E-state index contributed by atoms with van der Waals surface area (Å²) in [5.41, 5.74) is 0.992. The van der Waals surface area contributed by atoms with Crippen LogP contribution in [0.4, 0.5) is 0 Å². The van der Waals surface area contributed by atoms with E-state index in [1.807, 2.05) is 24.3 Å². The number of carbonyl (C=O) groups is 1. The summed E-state index contributed by atoms with van der Waals surface area (Å²) in [6.45, 7) is 0.476. The zero-order chi connectivity index (χ0) is 13.0. The van der Waals surface area contributed by atoms with E-state index in [4.69, 9.17) is 23.8 Å². The zero-order valence-electron chi connectivity index (χ0n) is 9.39. The molecule has 0 unspecified atom stereocenters. The molecule has 0 saturated carbocycles. The number of nitrogens with one attached hydrogen (secondary N) is 1. The first kappa shape index (κ1) is 12.9. The van der Waals surface area contributed by atoms with Crippen molar-refractivity contribution in [2.45, 2.75) is 6.42 Å². The minimum atomic E-state index is -0.321. The van der Waals surface area contributed by atoms with Gasteiger partial charge in [0.25, 0.3) is 5.91 Å². The van der Waals surface area contributed by atoms with Crippen LogP contribution in [-0.2, 0) is 11.2 Å². The first-order valence-electron chi connectivity index (χ1n) is 5.35. The molecule has 1 aromatic carbocycles. The number of rotatable bonds is 4. The number of amides is 1. The standard InChI is InChI=1S/C12H10ClN3OS/c13-9-4-2-1-3-8(9)5-6-14-12(17)11-15-7-10(18)16-11/h1-4,7H,5-6H2,(H,14,17). The second-order valence-electron chi connectivity index (χ2n) is 3.63. The number of thiocarbonyl (C=S) groups is 1. The van der Waals surface area contributed by atoms with Crippen LogP contribution in [-0.4, -0.2) is 29.5 Å². The lowest BCUT2D eigenvalue weighted by Crippen LogP contribution is -2.31. The lowest BCUT2D eigenvalue weighted by Gasteiger charge is -2.05. The number of halogens is 1. The van der Waals surface area contributed by atoms with Gasteiger partial charge in [-0.1, -0.05) is 42.0 Å². The van der Waals surface area contributed by atoms with Gasteiger partial charge in [-0.15, -0.1) is 0 Å². The molecular weight excluding hydrogens is 270 g/mol. The Kier molecular flexibility index (Phi) is 4.17. The zero-order valence-corrected chi connectivity index (χ0v) is 11.0. The van der Waals surface area contributed by atoms with Crippen molar-refractivity contribution in [2.75, 3.05) is 6.54 Å². The van der Waals surface area contributed by atoms with E-state index in [1.54, 1.807) is 0 Å². The third-order valence-electron chi connectivity index (χ3n) is 2.35. The number of benzene rings is 1. The Morgan fingerprint density at radius 1 is 1.39 bits per heavy atom. The molecule has 1 heterocycles. The normalized spacial score (nSPS) is 13.6. The smallest absolute Gasteiger partial charge is 0.289 e. The van der Waals surface area contributed by atoms with E-state index in [-0.39, 0.29) is 11.7 Å². The van der Waals surface area contributed by atoms with E-state index in [9.17, 15) is 4.79 Å². The van der Waals surface area contributed by atoms with Crippen LogP contribution in [0.2, 0.25) is 5.02 Å². The maximum Gasteiger partial charge on any atom is 0.289 e. The highest BCUT2D eigenvalue weighted by atomic mass is 35.5. The van der Waals surface area contributed by atoms with E-state index in [0.29, 0.717) is 23.0 Å². The SMILES string of the molecule is O=C(NCCc1ccccc1Cl)C1=NC(=S)C=N1. The van der Waals surface area contributed by atoms with Crippen molar-refractivity contribution in [1.82, 2.24) is 5.32 Å². The molecule has 0 bridgehead atoms. The van der Waals surface area contributed by atoms with Gasteiger partial charge in [0.05, 0.1) is 6.21 Å². The number of hydrogen-bond donors (Lipinski definition) is 1. The molecule has 2 rings (SSSR count). The predicted molar refractivity (Wildman–Crippen MR) is 76.7 cm³/mol. The molecular formula is C12H10ClN3OS. The molecule has 0 fully saturated rings. The Balaban J connectivity index is 1.85. The fourth-order valence-electron chi connectivity index (χ4n) is 1.48. The molecule has 0 radical (unpaired) electrons. The number of nitrogens with zero attached hydrogens (tertiary/aromatic N) is 2. The molecule has 1 N–H and O–H groups in total. The van der Waals surface area contributed by atoms with Crippen LogP contribution in [0.25, 0.3) is 0 Å². The summed E-state index contributed by atoms with van der Waals surface area (Å²) in [6, 6.07) is 7.53. The molecule has 6 heteroatoms. The van der Waals surface area contributed by atoms with Crippen molar-refractivity contribution in [3.05, 3.63) is 34.9 Å². The van der Waals surface area contributed by atoms with Crippen LogP contribution in [0.3, 0.4) is 0 Å². The van der Waals surface area contributed by atoms with Gasteiger partial charge in [0.15, 0.2) is 0 Å². The first-order chi connectivity index (χ1) is 8.66. The summed E-state index contributed by atoms with van der Waals surface area (Å²) in [6.07, 6.45) is 2.05. The van der Waals surface area contributed by atoms with Crippen molar-refractivity contribution >= 4 is 46.8 Å². The quantitative estimate of drug-likeness (QED) is 0.855. The minimum absolute atomic E-state index is 0.110. The summed E-state index contributed by atoms with van der Waals surface area (Å²) < 4.78 is 0. The van der Waals surface area contributed by atoms with Gasteiger partial charge in [-0.2, -0.15) is 0 Å². The van der Waals surface area contributed by atoms with E-state index >= 15 is 0 Å². The summed E-state index contributed by atoms with van der Waals surface area (Å²) in [4.78, 5) is 19.6. The monoisotopic (exact) mass is 279 g/mol. The molecule has 0 aliphatic carbocycles. The largest absolute Gasteiger partial charge is 0.349 e. The van der Waals surface area contributed by atoms with Crippen LogP contribution in [0, 0.1) is 0 Å². The van der Waals surface area contributed by atoms with Crippen molar-refractivity contribution < 1.29 is 4.79 Å².